The topological polar surface area (TPSA) is 95.6 Å². The van der Waals surface area contributed by atoms with E-state index in [-0.39, 0.29) is 17.1 Å². The first-order chi connectivity index (χ1) is 14.2. The van der Waals surface area contributed by atoms with Gasteiger partial charge in [0.05, 0.1) is 10.6 Å². The molecule has 30 heavy (non-hydrogen) atoms. The molecule has 9 heteroatoms. The molecule has 160 valence electrons. The molecule has 0 unspecified atom stereocenters. The number of rotatable bonds is 5. The Morgan fingerprint density at radius 1 is 1.13 bits per heavy atom. The Hall–Kier alpha value is -2.78. The fourth-order valence-corrected chi connectivity index (χ4v) is 5.48. The van der Waals surface area contributed by atoms with Crippen LogP contribution in [0.3, 0.4) is 0 Å². The van der Waals surface area contributed by atoms with E-state index in [1.165, 1.54) is 28.6 Å². The number of hydrogen-bond donors (Lipinski definition) is 2. The third-order valence-corrected chi connectivity index (χ3v) is 7.17. The van der Waals surface area contributed by atoms with Crippen molar-refractivity contribution in [2.45, 2.75) is 37.6 Å². The molecule has 3 rings (SSSR count). The zero-order chi connectivity index (χ0) is 21.9. The molecule has 2 aromatic carbocycles. The van der Waals surface area contributed by atoms with E-state index >= 15 is 0 Å². The van der Waals surface area contributed by atoms with Gasteiger partial charge in [0.1, 0.15) is 5.82 Å². The number of nitrogens with zero attached hydrogens (tertiary/aromatic N) is 1. The molecule has 0 spiro atoms. The van der Waals surface area contributed by atoms with Crippen LogP contribution >= 0.6 is 0 Å². The van der Waals surface area contributed by atoms with Crippen molar-refractivity contribution < 1.29 is 22.4 Å². The lowest BCUT2D eigenvalue weighted by molar-refractivity contribution is -0.136. The zero-order valence-corrected chi connectivity index (χ0v) is 17.6. The third kappa shape index (κ3) is 4.68. The minimum absolute atomic E-state index is 0.00633. The standard InChI is InChI=1S/C21H24FN3O4S/c1-14-9-10-15(2)19(12-14)30(28,29)25-11-5-6-16(25)13-23-20(26)21(27)24-18-8-4-3-7-17(18)22/h3-4,7-10,12,16H,5-6,11,13H2,1-2H3,(H,23,26)(H,24,27)/t16-/m1/s1. The third-order valence-electron chi connectivity index (χ3n) is 5.08. The average Bonchev–Trinajstić information content (AvgIpc) is 3.19. The molecule has 2 N–H and O–H groups in total. The van der Waals surface area contributed by atoms with Gasteiger partial charge in [-0.15, -0.1) is 0 Å². The van der Waals surface area contributed by atoms with Gasteiger partial charge in [0.15, 0.2) is 0 Å². The summed E-state index contributed by atoms with van der Waals surface area (Å²) in [7, 11) is -3.73. The molecular weight excluding hydrogens is 409 g/mol. The van der Waals surface area contributed by atoms with E-state index in [9.17, 15) is 22.4 Å². The van der Waals surface area contributed by atoms with Gasteiger partial charge in [-0.1, -0.05) is 24.3 Å². The summed E-state index contributed by atoms with van der Waals surface area (Å²) in [4.78, 5) is 24.4. The van der Waals surface area contributed by atoms with Crippen LogP contribution in [0.25, 0.3) is 0 Å². The van der Waals surface area contributed by atoms with Crippen LogP contribution in [-0.2, 0) is 19.6 Å². The fourth-order valence-electron chi connectivity index (χ4n) is 3.47. The summed E-state index contributed by atoms with van der Waals surface area (Å²) < 4.78 is 41.3. The SMILES string of the molecule is Cc1ccc(C)c(S(=O)(=O)N2CCC[C@@H]2CNC(=O)C(=O)Nc2ccccc2F)c1. The summed E-state index contributed by atoms with van der Waals surface area (Å²) in [5.41, 5.74) is 1.39. The summed E-state index contributed by atoms with van der Waals surface area (Å²) in [6.45, 7) is 3.91. The van der Waals surface area contributed by atoms with Crippen molar-refractivity contribution in [1.82, 2.24) is 9.62 Å². The van der Waals surface area contributed by atoms with E-state index in [2.05, 4.69) is 10.6 Å². The van der Waals surface area contributed by atoms with Gasteiger partial charge >= 0.3 is 11.8 Å². The van der Waals surface area contributed by atoms with Crippen LogP contribution in [-0.4, -0.2) is 43.7 Å². The number of carbonyl (C=O) groups is 2. The number of aryl methyl sites for hydroxylation is 2. The molecule has 0 aliphatic carbocycles. The summed E-state index contributed by atoms with van der Waals surface area (Å²) in [5.74, 6) is -2.61. The predicted molar refractivity (Wildman–Crippen MR) is 111 cm³/mol. The number of hydrogen-bond acceptors (Lipinski definition) is 4. The van der Waals surface area contributed by atoms with Crippen molar-refractivity contribution >= 4 is 27.5 Å². The minimum atomic E-state index is -3.73. The van der Waals surface area contributed by atoms with E-state index in [4.69, 9.17) is 0 Å². The smallest absolute Gasteiger partial charge is 0.313 e. The number of benzene rings is 2. The molecule has 1 fully saturated rings. The largest absolute Gasteiger partial charge is 0.346 e. The summed E-state index contributed by atoms with van der Waals surface area (Å²) in [6, 6.07) is 10.3. The summed E-state index contributed by atoms with van der Waals surface area (Å²) in [6.07, 6.45) is 1.23. The maximum absolute atomic E-state index is 13.6. The quantitative estimate of drug-likeness (QED) is 0.708. The molecule has 0 radical (unpaired) electrons. The van der Waals surface area contributed by atoms with Gasteiger partial charge in [0, 0.05) is 19.1 Å². The van der Waals surface area contributed by atoms with Gasteiger partial charge < -0.3 is 10.6 Å². The second kappa shape index (κ2) is 8.93. The van der Waals surface area contributed by atoms with Crippen molar-refractivity contribution in [3.05, 3.63) is 59.4 Å². The molecule has 1 saturated heterocycles. The van der Waals surface area contributed by atoms with E-state index in [0.717, 1.165) is 5.56 Å². The van der Waals surface area contributed by atoms with Crippen LogP contribution in [0, 0.1) is 19.7 Å². The Morgan fingerprint density at radius 3 is 2.60 bits per heavy atom. The predicted octanol–water partition coefficient (Wildman–Crippen LogP) is 2.35. The highest BCUT2D eigenvalue weighted by Crippen LogP contribution is 2.28. The molecule has 1 heterocycles. The van der Waals surface area contributed by atoms with E-state index < -0.39 is 33.7 Å². The van der Waals surface area contributed by atoms with Crippen LogP contribution < -0.4 is 10.6 Å². The first-order valence-electron chi connectivity index (χ1n) is 9.63. The van der Waals surface area contributed by atoms with Gasteiger partial charge in [-0.25, -0.2) is 12.8 Å². The number of carbonyl (C=O) groups excluding carboxylic acids is 2. The first-order valence-corrected chi connectivity index (χ1v) is 11.1. The second-order valence-corrected chi connectivity index (χ2v) is 9.18. The number of sulfonamides is 1. The Morgan fingerprint density at radius 2 is 1.87 bits per heavy atom. The van der Waals surface area contributed by atoms with Crippen molar-refractivity contribution in [3.8, 4) is 0 Å². The molecule has 1 atom stereocenters. The van der Waals surface area contributed by atoms with Gasteiger partial charge in [-0.2, -0.15) is 4.31 Å². The van der Waals surface area contributed by atoms with Crippen LogP contribution in [0.4, 0.5) is 10.1 Å². The number of anilines is 1. The highest BCUT2D eigenvalue weighted by molar-refractivity contribution is 7.89. The minimum Gasteiger partial charge on any atom is -0.346 e. The lowest BCUT2D eigenvalue weighted by atomic mass is 10.2. The molecule has 2 aromatic rings. The van der Waals surface area contributed by atoms with Crippen molar-refractivity contribution in [3.63, 3.8) is 0 Å². The van der Waals surface area contributed by atoms with Gasteiger partial charge in [0.2, 0.25) is 10.0 Å². The van der Waals surface area contributed by atoms with Gasteiger partial charge in [-0.3, -0.25) is 9.59 Å². The van der Waals surface area contributed by atoms with Crippen LogP contribution in [0.5, 0.6) is 0 Å². The molecular formula is C21H24FN3O4S. The molecule has 2 amide bonds. The average molecular weight is 434 g/mol. The van der Waals surface area contributed by atoms with Crippen molar-refractivity contribution in [1.29, 1.82) is 0 Å². The number of amides is 2. The molecule has 1 aliphatic rings. The maximum Gasteiger partial charge on any atom is 0.313 e. The Balaban J connectivity index is 1.66. The number of halogens is 1. The van der Waals surface area contributed by atoms with E-state index in [1.54, 1.807) is 19.1 Å². The van der Waals surface area contributed by atoms with Crippen LogP contribution in [0.15, 0.2) is 47.4 Å². The summed E-state index contributed by atoms with van der Waals surface area (Å²) >= 11 is 0. The van der Waals surface area contributed by atoms with Crippen molar-refractivity contribution in [2.24, 2.45) is 0 Å². The molecule has 0 aromatic heterocycles. The first kappa shape index (κ1) is 21.9. The van der Waals surface area contributed by atoms with E-state index in [0.29, 0.717) is 24.9 Å². The number of nitrogens with one attached hydrogen (secondary N) is 2. The second-order valence-electron chi connectivity index (χ2n) is 7.32. The Kier molecular flexibility index (Phi) is 6.52. The molecule has 0 saturated carbocycles. The van der Waals surface area contributed by atoms with E-state index in [1.807, 2.05) is 13.0 Å². The highest BCUT2D eigenvalue weighted by Gasteiger charge is 2.36. The van der Waals surface area contributed by atoms with Crippen LogP contribution in [0.2, 0.25) is 0 Å². The molecule has 0 bridgehead atoms. The lowest BCUT2D eigenvalue weighted by Crippen LogP contribution is -2.45. The monoisotopic (exact) mass is 433 g/mol. The molecule has 7 nitrogen and oxygen atoms in total. The van der Waals surface area contributed by atoms with Crippen molar-refractivity contribution in [2.75, 3.05) is 18.4 Å². The zero-order valence-electron chi connectivity index (χ0n) is 16.8. The molecule has 1 aliphatic heterocycles. The summed E-state index contributed by atoms with van der Waals surface area (Å²) in [5, 5.41) is 4.67. The van der Waals surface area contributed by atoms with Crippen LogP contribution in [0.1, 0.15) is 24.0 Å². The normalized spacial score (nSPS) is 17.0. The number of para-hydroxylation sites is 1. The Bertz CT molecular complexity index is 1070. The Labute approximate surface area is 175 Å². The van der Waals surface area contributed by atoms with Gasteiger partial charge in [0.25, 0.3) is 0 Å². The lowest BCUT2D eigenvalue weighted by Gasteiger charge is -2.25. The fraction of sp³-hybridized carbons (Fsp3) is 0.333. The van der Waals surface area contributed by atoms with Gasteiger partial charge in [-0.05, 0) is 56.0 Å². The maximum atomic E-state index is 13.6. The highest BCUT2D eigenvalue weighted by atomic mass is 32.2.